The van der Waals surface area contributed by atoms with Crippen LogP contribution in [0.25, 0.3) is 16.9 Å². The van der Waals surface area contributed by atoms with Gasteiger partial charge in [0.15, 0.2) is 0 Å². The molecular weight excluding hydrogens is 370 g/mol. The first-order chi connectivity index (χ1) is 14.5. The number of imidazole rings is 1. The summed E-state index contributed by atoms with van der Waals surface area (Å²) in [5, 5.41) is 4.13. The van der Waals surface area contributed by atoms with Crippen LogP contribution in [0, 0.1) is 31.6 Å². The maximum atomic E-state index is 5.38. The Morgan fingerprint density at radius 2 is 1.60 bits per heavy atom. The standard InChI is InChI=1S/C26H31N3O/c1-16-8-17(2)29-23(9-16)27-24(21-4-6-22(30-3)7-5-21)25(29)28-26-13-18-10-19(14-26)12-20(11-18)15-26/h4-9,18-20,28H,10-15H2,1-3H3. The van der Waals surface area contributed by atoms with Crippen molar-refractivity contribution in [2.45, 2.75) is 57.9 Å². The number of rotatable bonds is 4. The largest absolute Gasteiger partial charge is 0.497 e. The summed E-state index contributed by atoms with van der Waals surface area (Å²) in [4.78, 5) is 5.12. The van der Waals surface area contributed by atoms with E-state index in [-0.39, 0.29) is 5.54 Å². The van der Waals surface area contributed by atoms with Gasteiger partial charge in [-0.05, 0) is 112 Å². The summed E-state index contributed by atoms with van der Waals surface area (Å²) in [6, 6.07) is 12.8. The molecule has 4 fully saturated rings. The summed E-state index contributed by atoms with van der Waals surface area (Å²) in [6.07, 6.45) is 8.32. The Kier molecular flexibility index (Phi) is 3.96. The van der Waals surface area contributed by atoms with Crippen LogP contribution in [-0.4, -0.2) is 22.0 Å². The van der Waals surface area contributed by atoms with Crippen molar-refractivity contribution in [3.8, 4) is 17.0 Å². The van der Waals surface area contributed by atoms with E-state index in [0.717, 1.165) is 40.4 Å². The molecule has 0 radical (unpaired) electrons. The number of aryl methyl sites for hydroxylation is 2. The molecule has 7 rings (SSSR count). The lowest BCUT2D eigenvalue weighted by Crippen LogP contribution is -2.55. The van der Waals surface area contributed by atoms with Gasteiger partial charge in [0.1, 0.15) is 22.9 Å². The highest BCUT2D eigenvalue weighted by atomic mass is 16.5. The Morgan fingerprint density at radius 3 is 2.20 bits per heavy atom. The highest BCUT2D eigenvalue weighted by molar-refractivity contribution is 5.78. The van der Waals surface area contributed by atoms with Crippen LogP contribution in [0.1, 0.15) is 49.8 Å². The van der Waals surface area contributed by atoms with Gasteiger partial charge in [0.05, 0.1) is 7.11 Å². The fraction of sp³-hybridized carbons (Fsp3) is 0.500. The molecule has 0 amide bonds. The summed E-state index contributed by atoms with van der Waals surface area (Å²) in [7, 11) is 1.71. The topological polar surface area (TPSA) is 38.6 Å². The number of methoxy groups -OCH3 is 1. The monoisotopic (exact) mass is 401 g/mol. The zero-order valence-electron chi connectivity index (χ0n) is 18.2. The highest BCUT2D eigenvalue weighted by Gasteiger charge is 2.51. The number of hydrogen-bond acceptors (Lipinski definition) is 3. The van der Waals surface area contributed by atoms with Gasteiger partial charge in [-0.25, -0.2) is 4.98 Å². The Labute approximate surface area is 178 Å². The molecule has 0 aliphatic heterocycles. The predicted octanol–water partition coefficient (Wildman–Crippen LogP) is 6.01. The number of fused-ring (bicyclic) bond motifs is 1. The van der Waals surface area contributed by atoms with Crippen LogP contribution in [0.4, 0.5) is 5.82 Å². The molecule has 2 heterocycles. The first kappa shape index (κ1) is 18.3. The van der Waals surface area contributed by atoms with Crippen LogP contribution < -0.4 is 10.1 Å². The third-order valence-corrected chi connectivity index (χ3v) is 7.83. The van der Waals surface area contributed by atoms with Gasteiger partial charge in [-0.3, -0.25) is 4.40 Å². The van der Waals surface area contributed by atoms with Crippen molar-refractivity contribution < 1.29 is 4.74 Å². The molecule has 0 saturated heterocycles. The summed E-state index contributed by atoms with van der Waals surface area (Å²) in [5.74, 6) is 4.79. The second-order valence-corrected chi connectivity index (χ2v) is 10.2. The Balaban J connectivity index is 1.49. The number of aromatic nitrogens is 2. The number of nitrogens with zero attached hydrogens (tertiary/aromatic N) is 2. The van der Waals surface area contributed by atoms with Gasteiger partial charge in [0, 0.05) is 16.8 Å². The first-order valence-corrected chi connectivity index (χ1v) is 11.4. The summed E-state index contributed by atoms with van der Waals surface area (Å²) < 4.78 is 7.72. The molecule has 1 aromatic carbocycles. The minimum absolute atomic E-state index is 0.239. The maximum absolute atomic E-state index is 5.38. The second-order valence-electron chi connectivity index (χ2n) is 10.2. The van der Waals surface area contributed by atoms with Crippen LogP contribution >= 0.6 is 0 Å². The van der Waals surface area contributed by atoms with Gasteiger partial charge in [0.2, 0.25) is 0 Å². The molecule has 3 aromatic rings. The van der Waals surface area contributed by atoms with Crippen molar-refractivity contribution in [3.05, 3.63) is 47.7 Å². The van der Waals surface area contributed by atoms with Gasteiger partial charge < -0.3 is 10.1 Å². The zero-order valence-corrected chi connectivity index (χ0v) is 18.2. The average Bonchev–Trinajstić information content (AvgIpc) is 3.04. The minimum atomic E-state index is 0.239. The molecule has 0 atom stereocenters. The maximum Gasteiger partial charge on any atom is 0.139 e. The van der Waals surface area contributed by atoms with Crippen LogP contribution in [0.5, 0.6) is 5.75 Å². The van der Waals surface area contributed by atoms with E-state index >= 15 is 0 Å². The molecule has 4 aliphatic carbocycles. The van der Waals surface area contributed by atoms with Crippen LogP contribution in [0.15, 0.2) is 36.4 Å². The lowest BCUT2D eigenvalue weighted by Gasteiger charge is -2.57. The van der Waals surface area contributed by atoms with Gasteiger partial charge >= 0.3 is 0 Å². The lowest BCUT2D eigenvalue weighted by molar-refractivity contribution is 0.0105. The van der Waals surface area contributed by atoms with E-state index in [4.69, 9.17) is 9.72 Å². The van der Waals surface area contributed by atoms with Gasteiger partial charge in [-0.15, -0.1) is 0 Å². The number of anilines is 1. The normalized spacial score (nSPS) is 29.5. The van der Waals surface area contributed by atoms with E-state index < -0.39 is 0 Å². The van der Waals surface area contributed by atoms with Gasteiger partial charge in [-0.2, -0.15) is 0 Å². The SMILES string of the molecule is COc1ccc(-c2nc3cc(C)cc(C)n3c2NC23CC4CC(CC(C4)C2)C3)cc1. The van der Waals surface area contributed by atoms with E-state index in [1.165, 1.54) is 55.6 Å². The number of pyridine rings is 1. The van der Waals surface area contributed by atoms with Gasteiger partial charge in [0.25, 0.3) is 0 Å². The van der Waals surface area contributed by atoms with Crippen molar-refractivity contribution in [2.24, 2.45) is 17.8 Å². The Hall–Kier alpha value is -2.49. The van der Waals surface area contributed by atoms with Crippen LogP contribution in [-0.2, 0) is 0 Å². The molecule has 4 aliphatic rings. The molecule has 2 aromatic heterocycles. The van der Waals surface area contributed by atoms with Gasteiger partial charge in [-0.1, -0.05) is 0 Å². The molecule has 0 unspecified atom stereocenters. The first-order valence-electron chi connectivity index (χ1n) is 11.4. The summed E-state index contributed by atoms with van der Waals surface area (Å²) >= 11 is 0. The smallest absolute Gasteiger partial charge is 0.139 e. The second kappa shape index (κ2) is 6.50. The van der Waals surface area contributed by atoms with Crippen molar-refractivity contribution in [2.75, 3.05) is 12.4 Å². The van der Waals surface area contributed by atoms with Crippen molar-refractivity contribution in [3.63, 3.8) is 0 Å². The third kappa shape index (κ3) is 2.84. The molecule has 156 valence electrons. The molecule has 0 spiro atoms. The fourth-order valence-electron chi connectivity index (χ4n) is 7.11. The molecule has 30 heavy (non-hydrogen) atoms. The number of benzene rings is 1. The Morgan fingerprint density at radius 1 is 0.967 bits per heavy atom. The van der Waals surface area contributed by atoms with Crippen LogP contribution in [0.2, 0.25) is 0 Å². The van der Waals surface area contributed by atoms with Crippen molar-refractivity contribution >= 4 is 11.5 Å². The number of nitrogens with one attached hydrogen (secondary N) is 1. The van der Waals surface area contributed by atoms with E-state index in [1.54, 1.807) is 7.11 Å². The van der Waals surface area contributed by atoms with Crippen LogP contribution in [0.3, 0.4) is 0 Å². The van der Waals surface area contributed by atoms with E-state index in [1.807, 2.05) is 12.1 Å². The molecular formula is C26H31N3O. The quantitative estimate of drug-likeness (QED) is 0.582. The van der Waals surface area contributed by atoms with E-state index in [2.05, 4.69) is 47.8 Å². The Bertz CT molecular complexity index is 1080. The third-order valence-electron chi connectivity index (χ3n) is 7.83. The molecule has 4 heteroatoms. The lowest BCUT2D eigenvalue weighted by atomic mass is 9.53. The molecule has 1 N–H and O–H groups in total. The van der Waals surface area contributed by atoms with E-state index in [0.29, 0.717) is 0 Å². The van der Waals surface area contributed by atoms with E-state index in [9.17, 15) is 0 Å². The fourth-order valence-corrected chi connectivity index (χ4v) is 7.11. The highest BCUT2D eigenvalue weighted by Crippen LogP contribution is 2.57. The average molecular weight is 402 g/mol. The number of ether oxygens (including phenoxy) is 1. The molecule has 4 saturated carbocycles. The molecule has 4 bridgehead atoms. The van der Waals surface area contributed by atoms with Crippen molar-refractivity contribution in [1.29, 1.82) is 0 Å². The summed E-state index contributed by atoms with van der Waals surface area (Å²) in [5.41, 5.74) is 5.97. The molecule has 4 nitrogen and oxygen atoms in total. The minimum Gasteiger partial charge on any atom is -0.497 e. The predicted molar refractivity (Wildman–Crippen MR) is 121 cm³/mol. The number of hydrogen-bond donors (Lipinski definition) is 1. The summed E-state index contributed by atoms with van der Waals surface area (Å²) in [6.45, 7) is 4.35. The van der Waals surface area contributed by atoms with Crippen molar-refractivity contribution in [1.82, 2.24) is 9.38 Å². The zero-order chi connectivity index (χ0) is 20.5.